The molecule has 2 saturated heterocycles. The van der Waals surface area contributed by atoms with Gasteiger partial charge in [-0.1, -0.05) is 0 Å². The topological polar surface area (TPSA) is 43.8 Å². The first kappa shape index (κ1) is 18.5. The molecule has 0 aliphatic carbocycles. The molecule has 23 heavy (non-hydrogen) atoms. The molecule has 4 unspecified atom stereocenters. The highest BCUT2D eigenvalue weighted by atomic mass is 19.4. The summed E-state index contributed by atoms with van der Waals surface area (Å²) in [6, 6.07) is 0.466. The van der Waals surface area contributed by atoms with Crippen molar-refractivity contribution < 1.29 is 23.1 Å². The molecular weight excluding hydrogens is 309 g/mol. The van der Waals surface area contributed by atoms with Crippen LogP contribution in [0.1, 0.15) is 46.5 Å². The standard InChI is InChI=1S/C16H27F3N2O2/c1-10-4-5-11(2)21(10)12(3)15(23)20-8-6-13(7-9-20)14(22)16(17,18)19/h10-14,22H,4-9H2,1-3H3. The lowest BCUT2D eigenvalue weighted by Crippen LogP contribution is -2.53. The summed E-state index contributed by atoms with van der Waals surface area (Å²) in [5.41, 5.74) is 0. The maximum absolute atomic E-state index is 12.6. The van der Waals surface area contributed by atoms with Gasteiger partial charge in [0.2, 0.25) is 5.91 Å². The Bertz CT molecular complexity index is 412. The summed E-state index contributed by atoms with van der Waals surface area (Å²) < 4.78 is 37.7. The molecule has 2 rings (SSSR count). The minimum absolute atomic E-state index is 0.00875. The Morgan fingerprint density at radius 3 is 2.00 bits per heavy atom. The third-order valence-electron chi connectivity index (χ3n) is 5.46. The second-order valence-electron chi connectivity index (χ2n) is 7.05. The Morgan fingerprint density at radius 2 is 1.57 bits per heavy atom. The van der Waals surface area contributed by atoms with Crippen LogP contribution in [0, 0.1) is 5.92 Å². The first-order valence-electron chi connectivity index (χ1n) is 8.44. The van der Waals surface area contributed by atoms with E-state index in [1.54, 1.807) is 4.90 Å². The van der Waals surface area contributed by atoms with Crippen LogP contribution in [0.4, 0.5) is 13.2 Å². The summed E-state index contributed by atoms with van der Waals surface area (Å²) in [7, 11) is 0. The Labute approximate surface area is 135 Å². The molecule has 2 heterocycles. The van der Waals surface area contributed by atoms with Gasteiger partial charge in [-0.2, -0.15) is 13.2 Å². The molecule has 2 aliphatic rings. The molecule has 0 aromatic carbocycles. The fourth-order valence-electron chi connectivity index (χ4n) is 4.07. The quantitative estimate of drug-likeness (QED) is 0.861. The van der Waals surface area contributed by atoms with E-state index in [2.05, 4.69) is 18.7 Å². The van der Waals surface area contributed by atoms with Gasteiger partial charge in [-0.25, -0.2) is 0 Å². The minimum atomic E-state index is -4.58. The van der Waals surface area contributed by atoms with Gasteiger partial charge in [-0.05, 0) is 52.4 Å². The largest absolute Gasteiger partial charge is 0.414 e. The highest BCUT2D eigenvalue weighted by Crippen LogP contribution is 2.32. The van der Waals surface area contributed by atoms with Crippen molar-refractivity contribution in [3.05, 3.63) is 0 Å². The van der Waals surface area contributed by atoms with Crippen molar-refractivity contribution in [2.24, 2.45) is 5.92 Å². The maximum Gasteiger partial charge on any atom is 0.414 e. The van der Waals surface area contributed by atoms with Gasteiger partial charge in [0.25, 0.3) is 0 Å². The molecular formula is C16H27F3N2O2. The summed E-state index contributed by atoms with van der Waals surface area (Å²) >= 11 is 0. The van der Waals surface area contributed by atoms with Crippen LogP contribution >= 0.6 is 0 Å². The van der Waals surface area contributed by atoms with Gasteiger partial charge >= 0.3 is 6.18 Å². The molecule has 4 atom stereocenters. The molecule has 2 fully saturated rings. The predicted molar refractivity (Wildman–Crippen MR) is 80.8 cm³/mol. The van der Waals surface area contributed by atoms with Crippen molar-refractivity contribution in [2.75, 3.05) is 13.1 Å². The Balaban J connectivity index is 1.91. The van der Waals surface area contributed by atoms with Crippen molar-refractivity contribution >= 4 is 5.91 Å². The van der Waals surface area contributed by atoms with E-state index in [9.17, 15) is 23.1 Å². The van der Waals surface area contributed by atoms with Crippen LogP contribution < -0.4 is 0 Å². The Hall–Kier alpha value is -0.820. The Kier molecular flexibility index (Phi) is 5.61. The summed E-state index contributed by atoms with van der Waals surface area (Å²) in [6.45, 7) is 6.69. The number of amides is 1. The zero-order valence-electron chi connectivity index (χ0n) is 14.0. The van der Waals surface area contributed by atoms with E-state index in [0.717, 1.165) is 12.8 Å². The van der Waals surface area contributed by atoms with E-state index in [1.165, 1.54) is 0 Å². The van der Waals surface area contributed by atoms with Gasteiger partial charge < -0.3 is 10.0 Å². The van der Waals surface area contributed by atoms with Crippen molar-refractivity contribution in [2.45, 2.75) is 76.9 Å². The number of rotatable bonds is 3. The number of halogens is 3. The number of carbonyl (C=O) groups excluding carboxylic acids is 1. The zero-order chi connectivity index (χ0) is 17.4. The van der Waals surface area contributed by atoms with Crippen molar-refractivity contribution in [1.82, 2.24) is 9.80 Å². The number of nitrogens with zero attached hydrogens (tertiary/aromatic N) is 2. The average Bonchev–Trinajstić information content (AvgIpc) is 2.83. The molecule has 0 aromatic heterocycles. The number of alkyl halides is 3. The molecule has 0 saturated carbocycles. The third-order valence-corrected chi connectivity index (χ3v) is 5.46. The van der Waals surface area contributed by atoms with Gasteiger partial charge in [0.05, 0.1) is 6.04 Å². The number of carbonyl (C=O) groups is 1. The van der Waals surface area contributed by atoms with E-state index < -0.39 is 18.2 Å². The highest BCUT2D eigenvalue weighted by Gasteiger charge is 2.45. The maximum atomic E-state index is 12.6. The van der Waals surface area contributed by atoms with E-state index in [-0.39, 0.29) is 37.9 Å². The van der Waals surface area contributed by atoms with Gasteiger partial charge in [0.1, 0.15) is 0 Å². The normalized spacial score (nSPS) is 30.5. The van der Waals surface area contributed by atoms with Gasteiger partial charge in [-0.3, -0.25) is 9.69 Å². The fourth-order valence-corrected chi connectivity index (χ4v) is 4.07. The number of aliphatic hydroxyl groups is 1. The van der Waals surface area contributed by atoms with Crippen LogP contribution in [0.3, 0.4) is 0 Å². The van der Waals surface area contributed by atoms with E-state index in [1.807, 2.05) is 6.92 Å². The molecule has 4 nitrogen and oxygen atoms in total. The number of piperidine rings is 1. The van der Waals surface area contributed by atoms with Gasteiger partial charge in [-0.15, -0.1) is 0 Å². The van der Waals surface area contributed by atoms with Crippen molar-refractivity contribution in [3.8, 4) is 0 Å². The first-order valence-corrected chi connectivity index (χ1v) is 8.44. The molecule has 0 aromatic rings. The molecule has 1 amide bonds. The Morgan fingerprint density at radius 1 is 1.09 bits per heavy atom. The molecule has 0 bridgehead atoms. The zero-order valence-corrected chi connectivity index (χ0v) is 14.0. The summed E-state index contributed by atoms with van der Waals surface area (Å²) in [5.74, 6) is -0.815. The molecule has 0 radical (unpaired) electrons. The second kappa shape index (κ2) is 6.97. The third kappa shape index (κ3) is 3.99. The summed E-state index contributed by atoms with van der Waals surface area (Å²) in [5, 5.41) is 9.35. The fraction of sp³-hybridized carbons (Fsp3) is 0.938. The predicted octanol–water partition coefficient (Wildman–Crippen LogP) is 2.41. The molecule has 1 N–H and O–H groups in total. The SMILES string of the molecule is CC1CCC(C)N1C(C)C(=O)N1CCC(C(O)C(F)(F)F)CC1. The first-order chi connectivity index (χ1) is 10.6. The van der Waals surface area contributed by atoms with Gasteiger partial charge in [0.15, 0.2) is 6.10 Å². The lowest BCUT2D eigenvalue weighted by atomic mass is 9.90. The number of likely N-dealkylation sites (tertiary alicyclic amines) is 2. The van der Waals surface area contributed by atoms with Crippen molar-refractivity contribution in [3.63, 3.8) is 0 Å². The van der Waals surface area contributed by atoms with Crippen LogP contribution in [-0.2, 0) is 4.79 Å². The molecule has 7 heteroatoms. The van der Waals surface area contributed by atoms with Crippen LogP contribution in [0.25, 0.3) is 0 Å². The highest BCUT2D eigenvalue weighted by molar-refractivity contribution is 5.81. The number of hydrogen-bond acceptors (Lipinski definition) is 3. The van der Waals surface area contributed by atoms with Crippen LogP contribution in [0.5, 0.6) is 0 Å². The molecule has 134 valence electrons. The van der Waals surface area contributed by atoms with Gasteiger partial charge in [0, 0.05) is 25.2 Å². The smallest absolute Gasteiger partial charge is 0.383 e. The lowest BCUT2D eigenvalue weighted by Gasteiger charge is -2.39. The van der Waals surface area contributed by atoms with Crippen molar-refractivity contribution in [1.29, 1.82) is 0 Å². The van der Waals surface area contributed by atoms with Crippen LogP contribution in [-0.4, -0.2) is 64.3 Å². The molecule has 0 spiro atoms. The summed E-state index contributed by atoms with van der Waals surface area (Å²) in [4.78, 5) is 16.5. The molecule has 2 aliphatic heterocycles. The number of hydrogen-bond donors (Lipinski definition) is 1. The minimum Gasteiger partial charge on any atom is -0.383 e. The van der Waals surface area contributed by atoms with Crippen LogP contribution in [0.15, 0.2) is 0 Å². The van der Waals surface area contributed by atoms with E-state index in [0.29, 0.717) is 12.1 Å². The monoisotopic (exact) mass is 336 g/mol. The summed E-state index contributed by atoms with van der Waals surface area (Å²) in [6.07, 6.45) is -4.33. The van der Waals surface area contributed by atoms with E-state index >= 15 is 0 Å². The van der Waals surface area contributed by atoms with Crippen LogP contribution in [0.2, 0.25) is 0 Å². The average molecular weight is 336 g/mol. The van der Waals surface area contributed by atoms with E-state index in [4.69, 9.17) is 0 Å². The second-order valence-corrected chi connectivity index (χ2v) is 7.05. The number of aliphatic hydroxyl groups excluding tert-OH is 1. The lowest BCUT2D eigenvalue weighted by molar-refractivity contribution is -0.223.